The van der Waals surface area contributed by atoms with Crippen molar-refractivity contribution in [2.24, 2.45) is 11.3 Å². The molecule has 43 heavy (non-hydrogen) atoms. The number of hydrogen-bond donors (Lipinski definition) is 1. The van der Waals surface area contributed by atoms with E-state index < -0.39 is 0 Å². The molecule has 1 fully saturated rings. The van der Waals surface area contributed by atoms with Gasteiger partial charge in [0.15, 0.2) is 17.3 Å². The van der Waals surface area contributed by atoms with Crippen LogP contribution in [0.4, 0.5) is 11.4 Å². The number of benzene rings is 2. The number of amides is 1. The first kappa shape index (κ1) is 28.0. The van der Waals surface area contributed by atoms with E-state index in [0.717, 1.165) is 79.5 Å². The Morgan fingerprint density at radius 2 is 1.81 bits per heavy atom. The van der Waals surface area contributed by atoms with Crippen molar-refractivity contribution >= 4 is 23.1 Å². The summed E-state index contributed by atoms with van der Waals surface area (Å²) in [5, 5.41) is 3.69. The molecule has 0 saturated carbocycles. The van der Waals surface area contributed by atoms with E-state index in [1.54, 1.807) is 0 Å². The van der Waals surface area contributed by atoms with Crippen LogP contribution in [0, 0.1) is 11.3 Å². The Bertz CT molecular complexity index is 1470. The quantitative estimate of drug-likeness (QED) is 0.476. The van der Waals surface area contributed by atoms with Gasteiger partial charge in [-0.15, -0.1) is 0 Å². The van der Waals surface area contributed by atoms with Gasteiger partial charge >= 0.3 is 0 Å². The van der Waals surface area contributed by atoms with Gasteiger partial charge in [-0.3, -0.25) is 14.5 Å². The molecule has 5 aliphatic rings. The van der Waals surface area contributed by atoms with Crippen LogP contribution in [0.3, 0.4) is 0 Å². The minimum absolute atomic E-state index is 0.0971. The third kappa shape index (κ3) is 5.65. The lowest BCUT2D eigenvalue weighted by Gasteiger charge is -2.43. The summed E-state index contributed by atoms with van der Waals surface area (Å²) in [6.45, 7) is 8.73. The van der Waals surface area contributed by atoms with Gasteiger partial charge in [0, 0.05) is 50.4 Å². The van der Waals surface area contributed by atoms with Crippen LogP contribution in [0.5, 0.6) is 11.5 Å². The molecule has 226 valence electrons. The molecule has 2 aromatic rings. The van der Waals surface area contributed by atoms with Crippen molar-refractivity contribution in [3.8, 4) is 11.5 Å². The van der Waals surface area contributed by atoms with Gasteiger partial charge in [-0.1, -0.05) is 44.2 Å². The van der Waals surface area contributed by atoms with Crippen molar-refractivity contribution in [1.82, 2.24) is 9.80 Å². The van der Waals surface area contributed by atoms with Gasteiger partial charge in [-0.05, 0) is 66.8 Å². The van der Waals surface area contributed by atoms with Gasteiger partial charge in [0.25, 0.3) is 0 Å². The molecule has 8 heteroatoms. The Hall–Kier alpha value is -3.78. The molecule has 0 bridgehead atoms. The molecule has 1 saturated heterocycles. The number of Topliss-reactive ketones (excluding diaryl/α,β-unsaturated/α-hetero) is 1. The van der Waals surface area contributed by atoms with Gasteiger partial charge in [0.1, 0.15) is 0 Å². The van der Waals surface area contributed by atoms with Crippen molar-refractivity contribution in [3.63, 3.8) is 0 Å². The lowest BCUT2D eigenvalue weighted by Crippen LogP contribution is -2.54. The number of carbonyl (C=O) groups excluding carboxylic acids is 2. The standard InChI is InChI=1S/C35H42N4O4/c1-35(2)19-27-33(29(40)20-35)34(25-8-4-3-5-9-25)39(28-11-7-6-10-26(28)36-27)22-32(41)38-16-14-37(15-17-38)21-24-12-13-30-31(18-24)43-23-42-30/h3-4,6-7,10-13,18,25,34,36H,5,8-9,14-17,19-23H2,1-2H3. The minimum atomic E-state index is -0.129. The van der Waals surface area contributed by atoms with Crippen LogP contribution in [0.1, 0.15) is 51.5 Å². The maximum Gasteiger partial charge on any atom is 0.242 e. The van der Waals surface area contributed by atoms with Gasteiger partial charge in [0.2, 0.25) is 12.7 Å². The van der Waals surface area contributed by atoms with Crippen LogP contribution in [0.2, 0.25) is 0 Å². The number of ether oxygens (including phenoxy) is 2. The number of allylic oxidation sites excluding steroid dienone is 3. The van der Waals surface area contributed by atoms with Gasteiger partial charge in [0.05, 0.1) is 24.0 Å². The first-order valence-electron chi connectivity index (χ1n) is 15.8. The molecule has 1 N–H and O–H groups in total. The fourth-order valence-corrected chi connectivity index (χ4v) is 7.56. The minimum Gasteiger partial charge on any atom is -0.454 e. The van der Waals surface area contributed by atoms with Gasteiger partial charge in [-0.25, -0.2) is 0 Å². The Morgan fingerprint density at radius 3 is 2.63 bits per heavy atom. The molecule has 2 atom stereocenters. The molecule has 0 aromatic heterocycles. The molecular formula is C35H42N4O4. The zero-order chi connectivity index (χ0) is 29.6. The number of nitrogens with zero attached hydrogens (tertiary/aromatic N) is 3. The first-order valence-corrected chi connectivity index (χ1v) is 15.8. The summed E-state index contributed by atoms with van der Waals surface area (Å²) in [4.78, 5) is 34.7. The second kappa shape index (κ2) is 11.4. The average Bonchev–Trinajstić information content (AvgIpc) is 3.42. The summed E-state index contributed by atoms with van der Waals surface area (Å²) in [6, 6.07) is 14.3. The summed E-state index contributed by atoms with van der Waals surface area (Å²) in [5.74, 6) is 2.23. The number of rotatable bonds is 5. The fraction of sp³-hybridized carbons (Fsp3) is 0.486. The second-order valence-corrected chi connectivity index (χ2v) is 13.4. The topological polar surface area (TPSA) is 74.4 Å². The van der Waals surface area contributed by atoms with E-state index in [-0.39, 0.29) is 42.4 Å². The normalized spacial score (nSPS) is 24.7. The third-order valence-electron chi connectivity index (χ3n) is 9.68. The predicted octanol–water partition coefficient (Wildman–Crippen LogP) is 5.36. The van der Waals surface area contributed by atoms with Crippen LogP contribution in [-0.2, 0) is 16.1 Å². The van der Waals surface area contributed by atoms with Crippen molar-refractivity contribution in [1.29, 1.82) is 0 Å². The van der Waals surface area contributed by atoms with Crippen molar-refractivity contribution in [2.45, 2.75) is 58.5 Å². The number of carbonyl (C=O) groups is 2. The van der Waals surface area contributed by atoms with Crippen molar-refractivity contribution in [3.05, 3.63) is 71.5 Å². The maximum absolute atomic E-state index is 14.1. The highest BCUT2D eigenvalue weighted by Crippen LogP contribution is 2.46. The van der Waals surface area contributed by atoms with E-state index in [0.29, 0.717) is 19.5 Å². The summed E-state index contributed by atoms with van der Waals surface area (Å²) < 4.78 is 11.0. The highest BCUT2D eigenvalue weighted by atomic mass is 16.7. The predicted molar refractivity (Wildman–Crippen MR) is 167 cm³/mol. The highest BCUT2D eigenvalue weighted by Gasteiger charge is 2.44. The molecule has 2 aromatic carbocycles. The van der Waals surface area contributed by atoms with Crippen molar-refractivity contribution < 1.29 is 19.1 Å². The van der Waals surface area contributed by atoms with E-state index in [2.05, 4.69) is 65.4 Å². The van der Waals surface area contributed by atoms with E-state index in [9.17, 15) is 9.59 Å². The smallest absolute Gasteiger partial charge is 0.242 e. The number of nitrogens with one attached hydrogen (secondary N) is 1. The largest absolute Gasteiger partial charge is 0.454 e. The zero-order valence-corrected chi connectivity index (χ0v) is 25.3. The maximum atomic E-state index is 14.1. The Kier molecular flexibility index (Phi) is 7.41. The molecule has 0 spiro atoms. The molecule has 1 amide bonds. The number of para-hydroxylation sites is 2. The van der Waals surface area contributed by atoms with Crippen LogP contribution in [0.25, 0.3) is 0 Å². The van der Waals surface area contributed by atoms with E-state index in [1.807, 2.05) is 23.1 Å². The molecule has 7 rings (SSSR count). The fourth-order valence-electron chi connectivity index (χ4n) is 7.56. The SMILES string of the molecule is CC1(C)CC(=O)C2=C(C1)Nc1ccccc1N(CC(=O)N1CCN(Cc3ccc4c(c3)OCO4)CC1)C2C1CC=CCC1. The molecule has 3 aliphatic heterocycles. The lowest BCUT2D eigenvalue weighted by molar-refractivity contribution is -0.131. The number of hydrogen-bond acceptors (Lipinski definition) is 7. The Balaban J connectivity index is 1.12. The Labute approximate surface area is 254 Å². The van der Waals surface area contributed by atoms with Crippen molar-refractivity contribution in [2.75, 3.05) is 49.7 Å². The molecular weight excluding hydrogens is 540 g/mol. The summed E-state index contributed by atoms with van der Waals surface area (Å²) >= 11 is 0. The summed E-state index contributed by atoms with van der Waals surface area (Å²) in [5.41, 5.74) is 5.02. The number of ketones is 1. The summed E-state index contributed by atoms with van der Waals surface area (Å²) in [6.07, 6.45) is 8.81. The molecule has 2 unspecified atom stereocenters. The monoisotopic (exact) mass is 582 g/mol. The van der Waals surface area contributed by atoms with E-state index in [4.69, 9.17) is 9.47 Å². The van der Waals surface area contributed by atoms with Crippen LogP contribution in [0.15, 0.2) is 65.9 Å². The van der Waals surface area contributed by atoms with E-state index in [1.165, 1.54) is 5.56 Å². The van der Waals surface area contributed by atoms with Gasteiger partial charge in [-0.2, -0.15) is 0 Å². The lowest BCUT2D eigenvalue weighted by atomic mass is 9.71. The zero-order valence-electron chi connectivity index (χ0n) is 25.3. The number of anilines is 2. The molecule has 3 heterocycles. The number of fused-ring (bicyclic) bond motifs is 2. The van der Waals surface area contributed by atoms with Gasteiger partial charge < -0.3 is 24.6 Å². The number of piperazine rings is 1. The first-order chi connectivity index (χ1) is 20.8. The second-order valence-electron chi connectivity index (χ2n) is 13.4. The summed E-state index contributed by atoms with van der Waals surface area (Å²) in [7, 11) is 0. The third-order valence-corrected chi connectivity index (χ3v) is 9.68. The Morgan fingerprint density at radius 1 is 1.00 bits per heavy atom. The molecule has 8 nitrogen and oxygen atoms in total. The molecule has 2 aliphatic carbocycles. The molecule has 0 radical (unpaired) electrons. The van der Waals surface area contributed by atoms with Crippen LogP contribution in [-0.4, -0.2) is 67.0 Å². The van der Waals surface area contributed by atoms with Crippen LogP contribution < -0.4 is 19.7 Å². The van der Waals surface area contributed by atoms with E-state index >= 15 is 0 Å². The highest BCUT2D eigenvalue weighted by molar-refractivity contribution is 6.01. The van der Waals surface area contributed by atoms with Crippen LogP contribution >= 0.6 is 0 Å². The average molecular weight is 583 g/mol.